The van der Waals surface area contributed by atoms with E-state index in [4.69, 9.17) is 5.11 Å². The van der Waals surface area contributed by atoms with Crippen molar-refractivity contribution in [3.8, 4) is 0 Å². The molecule has 3 rings (SSSR count). The summed E-state index contributed by atoms with van der Waals surface area (Å²) in [5.74, 6) is -0.774. The number of hydrogen-bond acceptors (Lipinski definition) is 6. The number of benzene rings is 2. The predicted octanol–water partition coefficient (Wildman–Crippen LogP) is 2.69. The summed E-state index contributed by atoms with van der Waals surface area (Å²) in [5.41, 5.74) is 1.66. The normalized spacial score (nSPS) is 11.1. The van der Waals surface area contributed by atoms with Crippen molar-refractivity contribution in [2.75, 3.05) is 11.9 Å². The number of halogens is 1. The second-order valence-electron chi connectivity index (χ2n) is 6.77. The van der Waals surface area contributed by atoms with E-state index >= 15 is 0 Å². The molecule has 0 saturated carbocycles. The van der Waals surface area contributed by atoms with Crippen molar-refractivity contribution in [3.05, 3.63) is 89.5 Å². The maximum absolute atomic E-state index is 12.9. The molecule has 0 bridgehead atoms. The lowest BCUT2D eigenvalue weighted by molar-refractivity contribution is 0.0954. The molecule has 3 aromatic rings. The zero-order valence-electron chi connectivity index (χ0n) is 16.8. The Morgan fingerprint density at radius 3 is 2.25 bits per heavy atom. The lowest BCUT2D eigenvalue weighted by atomic mass is 10.1. The molecular weight excluding hydrogens is 437 g/mol. The molecule has 1 aromatic heterocycles. The van der Waals surface area contributed by atoms with Gasteiger partial charge < -0.3 is 15.7 Å². The average molecular weight is 457 g/mol. The monoisotopic (exact) mass is 457 g/mol. The first-order chi connectivity index (χ1) is 15.3. The lowest BCUT2D eigenvalue weighted by Crippen LogP contribution is -2.25. The van der Waals surface area contributed by atoms with Crippen molar-refractivity contribution in [3.63, 3.8) is 0 Å². The van der Waals surface area contributed by atoms with Crippen molar-refractivity contribution in [1.29, 1.82) is 0 Å². The number of carbonyl (C=O) groups excluding carboxylic acids is 2. The van der Waals surface area contributed by atoms with Gasteiger partial charge in [0.25, 0.3) is 15.7 Å². The Labute approximate surface area is 184 Å². The Morgan fingerprint density at radius 2 is 1.66 bits per heavy atom. The van der Waals surface area contributed by atoms with Crippen LogP contribution in [0.4, 0.5) is 14.9 Å². The maximum atomic E-state index is 12.9. The fourth-order valence-electron chi connectivity index (χ4n) is 2.74. The van der Waals surface area contributed by atoms with Crippen molar-refractivity contribution in [2.24, 2.45) is 0 Å². The second-order valence-corrected chi connectivity index (χ2v) is 8.62. The summed E-state index contributed by atoms with van der Waals surface area (Å²) in [4.78, 5) is 28.0. The molecule has 3 N–H and O–H groups in total. The summed E-state index contributed by atoms with van der Waals surface area (Å²) >= 11 is 0. The number of carbonyl (C=O) groups is 2. The molecule has 0 radical (unpaired) electrons. The van der Waals surface area contributed by atoms with Crippen LogP contribution in [0, 0.1) is 5.82 Å². The SMILES string of the molecule is O=C(NCCc1ccc(S(=O)(=O)C(=O)Nc2ccc(CO)nc2)cc1)c1ccc(F)cc1. The molecule has 8 nitrogen and oxygen atoms in total. The van der Waals surface area contributed by atoms with Gasteiger partial charge >= 0.3 is 5.24 Å². The highest BCUT2D eigenvalue weighted by Crippen LogP contribution is 2.16. The van der Waals surface area contributed by atoms with Crippen molar-refractivity contribution in [2.45, 2.75) is 17.9 Å². The predicted molar refractivity (Wildman–Crippen MR) is 115 cm³/mol. The Balaban J connectivity index is 1.56. The van der Waals surface area contributed by atoms with E-state index in [0.717, 1.165) is 5.56 Å². The second kappa shape index (κ2) is 10.1. The van der Waals surface area contributed by atoms with Gasteiger partial charge in [-0.05, 0) is 60.5 Å². The molecule has 32 heavy (non-hydrogen) atoms. The number of sulfone groups is 1. The molecule has 0 aliphatic heterocycles. The average Bonchev–Trinajstić information content (AvgIpc) is 2.80. The van der Waals surface area contributed by atoms with Crippen LogP contribution in [-0.4, -0.2) is 36.2 Å². The minimum atomic E-state index is -4.27. The van der Waals surface area contributed by atoms with Crippen LogP contribution in [0.3, 0.4) is 0 Å². The molecule has 0 fully saturated rings. The topological polar surface area (TPSA) is 125 Å². The van der Waals surface area contributed by atoms with Crippen LogP contribution >= 0.6 is 0 Å². The number of aromatic nitrogens is 1. The van der Waals surface area contributed by atoms with Crippen molar-refractivity contribution in [1.82, 2.24) is 10.3 Å². The van der Waals surface area contributed by atoms with E-state index in [1.54, 1.807) is 12.1 Å². The number of amides is 2. The van der Waals surface area contributed by atoms with E-state index in [9.17, 15) is 22.4 Å². The molecule has 0 spiro atoms. The number of nitrogens with zero attached hydrogens (tertiary/aromatic N) is 1. The van der Waals surface area contributed by atoms with Crippen LogP contribution in [0.15, 0.2) is 71.8 Å². The number of aliphatic hydroxyl groups excluding tert-OH is 1. The Kier molecular flexibility index (Phi) is 7.29. The van der Waals surface area contributed by atoms with Gasteiger partial charge in [0.05, 0.1) is 29.1 Å². The van der Waals surface area contributed by atoms with Crippen LogP contribution in [0.25, 0.3) is 0 Å². The molecule has 10 heteroatoms. The van der Waals surface area contributed by atoms with E-state index in [0.29, 0.717) is 24.2 Å². The van der Waals surface area contributed by atoms with Crippen LogP contribution in [0.2, 0.25) is 0 Å². The summed E-state index contributed by atoms with van der Waals surface area (Å²) in [7, 11) is -4.27. The van der Waals surface area contributed by atoms with Gasteiger partial charge in [-0.15, -0.1) is 0 Å². The van der Waals surface area contributed by atoms with E-state index in [1.165, 1.54) is 54.7 Å². The zero-order chi connectivity index (χ0) is 23.1. The molecule has 0 aliphatic rings. The summed E-state index contributed by atoms with van der Waals surface area (Å²) in [6, 6.07) is 13.8. The van der Waals surface area contributed by atoms with Gasteiger partial charge in [-0.3, -0.25) is 14.6 Å². The molecule has 166 valence electrons. The molecule has 0 unspecified atom stereocenters. The minimum Gasteiger partial charge on any atom is -0.390 e. The van der Waals surface area contributed by atoms with Crippen molar-refractivity contribution < 1.29 is 27.5 Å². The molecule has 0 aliphatic carbocycles. The Bertz CT molecular complexity index is 1200. The van der Waals surface area contributed by atoms with Gasteiger partial charge in [0.1, 0.15) is 5.82 Å². The fraction of sp³-hybridized carbons (Fsp3) is 0.136. The van der Waals surface area contributed by atoms with Crippen molar-refractivity contribution >= 4 is 26.7 Å². The van der Waals surface area contributed by atoms with Gasteiger partial charge in [0, 0.05) is 12.1 Å². The first-order valence-electron chi connectivity index (χ1n) is 9.54. The van der Waals surface area contributed by atoms with Crippen LogP contribution in [0.5, 0.6) is 0 Å². The number of hydrogen-bond donors (Lipinski definition) is 3. The summed E-state index contributed by atoms with van der Waals surface area (Å²) in [6.07, 6.45) is 1.69. The van der Waals surface area contributed by atoms with Gasteiger partial charge in [-0.2, -0.15) is 0 Å². The third-order valence-electron chi connectivity index (χ3n) is 4.52. The Morgan fingerprint density at radius 1 is 0.969 bits per heavy atom. The van der Waals surface area contributed by atoms with Crippen LogP contribution < -0.4 is 10.6 Å². The van der Waals surface area contributed by atoms with Crippen LogP contribution in [0.1, 0.15) is 21.6 Å². The standard InChI is InChI=1S/C22H20FN3O5S/c23-17-5-3-16(4-6-17)21(28)24-12-11-15-1-9-20(10-2-15)32(30,31)22(29)26-18-7-8-19(14-27)25-13-18/h1-10,13,27H,11-12,14H2,(H,24,28)(H,26,29). The highest BCUT2D eigenvalue weighted by Gasteiger charge is 2.25. The number of rotatable bonds is 7. The maximum Gasteiger partial charge on any atom is 0.345 e. The fourth-order valence-corrected chi connectivity index (χ4v) is 3.70. The molecule has 2 aromatic carbocycles. The number of anilines is 1. The first-order valence-corrected chi connectivity index (χ1v) is 11.0. The Hall–Kier alpha value is -3.63. The molecule has 1 heterocycles. The number of nitrogens with one attached hydrogen (secondary N) is 2. The highest BCUT2D eigenvalue weighted by molar-refractivity contribution is 8.06. The highest BCUT2D eigenvalue weighted by atomic mass is 32.2. The van der Waals surface area contributed by atoms with Gasteiger partial charge in [-0.25, -0.2) is 12.8 Å². The first kappa shape index (κ1) is 23.0. The molecule has 0 atom stereocenters. The lowest BCUT2D eigenvalue weighted by Gasteiger charge is -2.08. The minimum absolute atomic E-state index is 0.172. The largest absolute Gasteiger partial charge is 0.390 e. The van der Waals surface area contributed by atoms with Crippen LogP contribution in [-0.2, 0) is 22.9 Å². The molecular formula is C22H20FN3O5S. The molecule has 2 amide bonds. The van der Waals surface area contributed by atoms with E-state index in [1.807, 2.05) is 0 Å². The molecule has 0 saturated heterocycles. The van der Waals surface area contributed by atoms with E-state index in [2.05, 4.69) is 15.6 Å². The van der Waals surface area contributed by atoms with Gasteiger partial charge in [-0.1, -0.05) is 12.1 Å². The van der Waals surface area contributed by atoms with E-state index < -0.39 is 20.9 Å². The third kappa shape index (κ3) is 5.74. The van der Waals surface area contributed by atoms with E-state index in [-0.39, 0.29) is 23.1 Å². The number of pyridine rings is 1. The van der Waals surface area contributed by atoms with Gasteiger partial charge in [0.2, 0.25) is 0 Å². The summed E-state index contributed by atoms with van der Waals surface area (Å²) < 4.78 is 37.9. The number of aliphatic hydroxyl groups is 1. The zero-order valence-corrected chi connectivity index (χ0v) is 17.6. The quantitative estimate of drug-likeness (QED) is 0.501. The van der Waals surface area contributed by atoms with Gasteiger partial charge in [0.15, 0.2) is 0 Å². The summed E-state index contributed by atoms with van der Waals surface area (Å²) in [6.45, 7) is 0.0222. The smallest absolute Gasteiger partial charge is 0.345 e. The summed E-state index contributed by atoms with van der Waals surface area (Å²) in [5, 5.41) is 12.7. The third-order valence-corrected chi connectivity index (χ3v) is 6.00.